The fourth-order valence-corrected chi connectivity index (χ4v) is 1.80. The Bertz CT molecular complexity index is 427. The van der Waals surface area contributed by atoms with Gasteiger partial charge < -0.3 is 20.3 Å². The lowest BCUT2D eigenvalue weighted by Crippen LogP contribution is -2.41. The maximum atomic E-state index is 9.80. The minimum absolute atomic E-state index is 0.0985. The molecule has 20 heavy (non-hydrogen) atoms. The van der Waals surface area contributed by atoms with E-state index in [1.807, 2.05) is 6.92 Å². The van der Waals surface area contributed by atoms with Crippen molar-refractivity contribution in [1.82, 2.24) is 5.32 Å². The number of ether oxygens (including phenoxy) is 1. The van der Waals surface area contributed by atoms with Gasteiger partial charge in [0.05, 0.1) is 10.6 Å². The lowest BCUT2D eigenvalue weighted by atomic mass is 10.0. The lowest BCUT2D eigenvalue weighted by Gasteiger charge is -2.22. The molecule has 1 aromatic carbocycles. The Hall–Kier alpha value is -0.520. The Balaban J connectivity index is 2.33. The van der Waals surface area contributed by atoms with Crippen LogP contribution in [0.4, 0.5) is 0 Å². The van der Waals surface area contributed by atoms with E-state index in [4.69, 9.17) is 27.9 Å². The van der Waals surface area contributed by atoms with Crippen LogP contribution < -0.4 is 10.1 Å². The van der Waals surface area contributed by atoms with E-state index in [1.54, 1.807) is 25.1 Å². The molecular weight excluding hydrogens is 301 g/mol. The molecule has 1 rings (SSSR count). The first-order valence-corrected chi connectivity index (χ1v) is 7.28. The van der Waals surface area contributed by atoms with Crippen LogP contribution in [0.1, 0.15) is 20.3 Å². The predicted molar refractivity (Wildman–Crippen MR) is 81.7 cm³/mol. The molecule has 4 nitrogen and oxygen atoms in total. The third-order valence-corrected chi connectivity index (χ3v) is 3.52. The molecular formula is C14H21Cl2NO3. The molecule has 0 fully saturated rings. The summed E-state index contributed by atoms with van der Waals surface area (Å²) >= 11 is 11.8. The summed E-state index contributed by atoms with van der Waals surface area (Å²) in [5, 5.41) is 23.6. The van der Waals surface area contributed by atoms with E-state index in [2.05, 4.69) is 5.32 Å². The Labute approximate surface area is 129 Å². The highest BCUT2D eigenvalue weighted by molar-refractivity contribution is 6.34. The minimum Gasteiger partial charge on any atom is -0.489 e. The predicted octanol–water partition coefficient (Wildman–Crippen LogP) is 2.48. The van der Waals surface area contributed by atoms with Crippen molar-refractivity contribution < 1.29 is 14.9 Å². The molecule has 0 bridgehead atoms. The summed E-state index contributed by atoms with van der Waals surface area (Å²) in [6.07, 6.45) is -0.0530. The van der Waals surface area contributed by atoms with Gasteiger partial charge in [0.2, 0.25) is 0 Å². The van der Waals surface area contributed by atoms with Gasteiger partial charge in [-0.1, -0.05) is 30.1 Å². The fraction of sp³-hybridized carbons (Fsp3) is 0.571. The molecule has 1 aromatic rings. The van der Waals surface area contributed by atoms with Crippen LogP contribution in [-0.2, 0) is 0 Å². The van der Waals surface area contributed by atoms with Gasteiger partial charge in [0.1, 0.15) is 18.5 Å². The number of hydrogen-bond donors (Lipinski definition) is 3. The normalized spacial score (nSPS) is 15.7. The zero-order valence-corrected chi connectivity index (χ0v) is 13.2. The van der Waals surface area contributed by atoms with E-state index >= 15 is 0 Å². The molecule has 0 radical (unpaired) electrons. The number of rotatable bonds is 8. The van der Waals surface area contributed by atoms with Gasteiger partial charge in [0.25, 0.3) is 0 Å². The van der Waals surface area contributed by atoms with Crippen LogP contribution in [0, 0.1) is 0 Å². The van der Waals surface area contributed by atoms with Crippen LogP contribution in [0.15, 0.2) is 18.2 Å². The molecule has 0 saturated carbocycles. The standard InChI is InChI=1S/C14H21Cl2NO3/c1-3-14(2,19)9-17-7-11(18)8-20-13-6-10(15)4-5-12(13)16/h4-6,11,17-19H,3,7-9H2,1-2H3. The first kappa shape index (κ1) is 17.5. The van der Waals surface area contributed by atoms with Crippen molar-refractivity contribution in [2.75, 3.05) is 19.7 Å². The van der Waals surface area contributed by atoms with Crippen LogP contribution >= 0.6 is 23.2 Å². The highest BCUT2D eigenvalue weighted by Gasteiger charge is 2.17. The number of aliphatic hydroxyl groups excluding tert-OH is 1. The van der Waals surface area contributed by atoms with Crippen molar-refractivity contribution in [3.05, 3.63) is 28.2 Å². The fourth-order valence-electron chi connectivity index (χ4n) is 1.47. The van der Waals surface area contributed by atoms with E-state index in [-0.39, 0.29) is 6.61 Å². The van der Waals surface area contributed by atoms with Crippen molar-refractivity contribution >= 4 is 23.2 Å². The molecule has 114 valence electrons. The zero-order chi connectivity index (χ0) is 15.2. The van der Waals surface area contributed by atoms with Gasteiger partial charge in [-0.15, -0.1) is 0 Å². The highest BCUT2D eigenvalue weighted by atomic mass is 35.5. The van der Waals surface area contributed by atoms with E-state index in [0.29, 0.717) is 35.3 Å². The maximum absolute atomic E-state index is 9.80. The molecule has 2 unspecified atom stereocenters. The second-order valence-corrected chi connectivity index (χ2v) is 5.86. The van der Waals surface area contributed by atoms with Crippen LogP contribution in [0.5, 0.6) is 5.75 Å². The Morgan fingerprint density at radius 2 is 2.10 bits per heavy atom. The Morgan fingerprint density at radius 1 is 1.40 bits per heavy atom. The zero-order valence-electron chi connectivity index (χ0n) is 11.7. The van der Waals surface area contributed by atoms with Crippen LogP contribution in [0.2, 0.25) is 10.0 Å². The van der Waals surface area contributed by atoms with Crippen molar-refractivity contribution in [2.45, 2.75) is 32.0 Å². The molecule has 0 aliphatic heterocycles. The molecule has 6 heteroatoms. The minimum atomic E-state index is -0.767. The summed E-state index contributed by atoms with van der Waals surface area (Å²) < 4.78 is 5.42. The monoisotopic (exact) mass is 321 g/mol. The first-order chi connectivity index (χ1) is 9.34. The number of halogens is 2. The Morgan fingerprint density at radius 3 is 2.75 bits per heavy atom. The van der Waals surface area contributed by atoms with Crippen molar-refractivity contribution in [1.29, 1.82) is 0 Å². The molecule has 0 aliphatic carbocycles. The van der Waals surface area contributed by atoms with Gasteiger partial charge in [-0.2, -0.15) is 0 Å². The summed E-state index contributed by atoms with van der Waals surface area (Å²) in [6, 6.07) is 4.91. The molecule has 0 amide bonds. The van der Waals surface area contributed by atoms with Crippen molar-refractivity contribution in [3.8, 4) is 5.75 Å². The highest BCUT2D eigenvalue weighted by Crippen LogP contribution is 2.27. The molecule has 0 saturated heterocycles. The third-order valence-electron chi connectivity index (χ3n) is 2.97. The molecule has 0 heterocycles. The topological polar surface area (TPSA) is 61.7 Å². The maximum Gasteiger partial charge on any atom is 0.139 e. The smallest absolute Gasteiger partial charge is 0.139 e. The average molecular weight is 322 g/mol. The summed E-state index contributed by atoms with van der Waals surface area (Å²) in [7, 11) is 0. The van der Waals surface area contributed by atoms with Crippen LogP contribution in [0.3, 0.4) is 0 Å². The van der Waals surface area contributed by atoms with Crippen LogP contribution in [0.25, 0.3) is 0 Å². The van der Waals surface area contributed by atoms with Gasteiger partial charge in [-0.25, -0.2) is 0 Å². The second-order valence-electron chi connectivity index (χ2n) is 5.02. The average Bonchev–Trinajstić information content (AvgIpc) is 2.39. The summed E-state index contributed by atoms with van der Waals surface area (Å²) in [6.45, 7) is 4.49. The second kappa shape index (κ2) is 8.05. The molecule has 2 atom stereocenters. The van der Waals surface area contributed by atoms with Gasteiger partial charge in [-0.05, 0) is 25.5 Å². The van der Waals surface area contributed by atoms with E-state index in [0.717, 1.165) is 0 Å². The lowest BCUT2D eigenvalue weighted by molar-refractivity contribution is 0.0476. The van der Waals surface area contributed by atoms with Crippen molar-refractivity contribution in [3.63, 3.8) is 0 Å². The summed E-state index contributed by atoms with van der Waals surface area (Å²) in [5.74, 6) is 0.443. The van der Waals surface area contributed by atoms with E-state index in [9.17, 15) is 10.2 Å². The first-order valence-electron chi connectivity index (χ1n) is 6.53. The molecule has 0 aromatic heterocycles. The van der Waals surface area contributed by atoms with E-state index < -0.39 is 11.7 Å². The molecule has 0 spiro atoms. The SMILES string of the molecule is CCC(C)(O)CNCC(O)COc1cc(Cl)ccc1Cl. The quantitative estimate of drug-likeness (QED) is 0.688. The van der Waals surface area contributed by atoms with Gasteiger partial charge in [0.15, 0.2) is 0 Å². The van der Waals surface area contributed by atoms with Gasteiger partial charge >= 0.3 is 0 Å². The Kier molecular flexibility index (Phi) is 7.06. The largest absolute Gasteiger partial charge is 0.489 e. The third kappa shape index (κ3) is 6.29. The number of nitrogens with one attached hydrogen (secondary N) is 1. The van der Waals surface area contributed by atoms with Crippen molar-refractivity contribution in [2.24, 2.45) is 0 Å². The molecule has 3 N–H and O–H groups in total. The summed E-state index contributed by atoms with van der Waals surface area (Å²) in [5.41, 5.74) is -0.767. The number of hydrogen-bond acceptors (Lipinski definition) is 4. The number of aliphatic hydroxyl groups is 2. The van der Waals surface area contributed by atoms with Gasteiger partial charge in [-0.3, -0.25) is 0 Å². The number of benzene rings is 1. The van der Waals surface area contributed by atoms with E-state index in [1.165, 1.54) is 0 Å². The summed E-state index contributed by atoms with van der Waals surface area (Å²) in [4.78, 5) is 0. The van der Waals surface area contributed by atoms with Crippen LogP contribution in [-0.4, -0.2) is 41.6 Å². The molecule has 0 aliphatic rings. The van der Waals surface area contributed by atoms with Gasteiger partial charge in [0, 0.05) is 24.2 Å².